The van der Waals surface area contributed by atoms with E-state index in [4.69, 9.17) is 0 Å². The monoisotopic (exact) mass is 390 g/mol. The third-order valence-electron chi connectivity index (χ3n) is 4.51. The van der Waals surface area contributed by atoms with E-state index in [0.717, 1.165) is 28.9 Å². The van der Waals surface area contributed by atoms with Crippen molar-refractivity contribution in [2.75, 3.05) is 17.6 Å². The molecule has 3 rings (SSSR count). The van der Waals surface area contributed by atoms with Gasteiger partial charge in [-0.3, -0.25) is 4.79 Å². The van der Waals surface area contributed by atoms with E-state index in [1.807, 2.05) is 6.92 Å². The summed E-state index contributed by atoms with van der Waals surface area (Å²) in [4.78, 5) is 12.3. The molecule has 26 heavy (non-hydrogen) atoms. The molecule has 140 valence electrons. The van der Waals surface area contributed by atoms with Gasteiger partial charge in [0.25, 0.3) is 0 Å². The van der Waals surface area contributed by atoms with Crippen LogP contribution >= 0.6 is 23.1 Å². The van der Waals surface area contributed by atoms with Gasteiger partial charge in [-0.05, 0) is 55.7 Å². The van der Waals surface area contributed by atoms with Crippen molar-refractivity contribution in [2.45, 2.75) is 56.3 Å². The second-order valence-corrected chi connectivity index (χ2v) is 8.81. The van der Waals surface area contributed by atoms with Crippen molar-refractivity contribution in [3.8, 4) is 0 Å². The number of nitrogens with zero attached hydrogens (tertiary/aromatic N) is 2. The van der Waals surface area contributed by atoms with Crippen LogP contribution in [0.3, 0.4) is 0 Å². The quantitative estimate of drug-likeness (QED) is 0.661. The van der Waals surface area contributed by atoms with Gasteiger partial charge in [-0.1, -0.05) is 48.2 Å². The van der Waals surface area contributed by atoms with E-state index in [9.17, 15) is 4.79 Å². The SMILES string of the molecule is CCCNc1nnc(SCC(=O)NC(C)c2ccc3c(c2)CCCC3)s1. The number of rotatable bonds is 8. The molecule has 0 bridgehead atoms. The Balaban J connectivity index is 1.49. The first-order valence-electron chi connectivity index (χ1n) is 9.27. The molecule has 0 radical (unpaired) electrons. The molecule has 1 aliphatic rings. The standard InChI is InChI=1S/C19H26N4OS2/c1-3-10-20-18-22-23-19(26-18)25-12-17(24)21-13(2)15-9-8-14-6-4-5-7-16(14)11-15/h8-9,11,13H,3-7,10,12H2,1-2H3,(H,20,22)(H,21,24). The van der Waals surface area contributed by atoms with Crippen molar-refractivity contribution >= 4 is 34.1 Å². The zero-order valence-electron chi connectivity index (χ0n) is 15.4. The number of aromatic nitrogens is 2. The fourth-order valence-electron chi connectivity index (χ4n) is 3.09. The van der Waals surface area contributed by atoms with Gasteiger partial charge in [0.05, 0.1) is 11.8 Å². The molecule has 2 N–H and O–H groups in total. The van der Waals surface area contributed by atoms with E-state index < -0.39 is 0 Å². The van der Waals surface area contributed by atoms with Crippen LogP contribution in [0.5, 0.6) is 0 Å². The van der Waals surface area contributed by atoms with Crippen molar-refractivity contribution < 1.29 is 4.79 Å². The first-order chi connectivity index (χ1) is 12.7. The average molecular weight is 391 g/mol. The lowest BCUT2D eigenvalue weighted by Gasteiger charge is -2.20. The van der Waals surface area contributed by atoms with E-state index >= 15 is 0 Å². The highest BCUT2D eigenvalue weighted by atomic mass is 32.2. The minimum Gasteiger partial charge on any atom is -0.360 e. The molecular formula is C19H26N4OS2. The van der Waals surface area contributed by atoms with Gasteiger partial charge < -0.3 is 10.6 Å². The molecule has 5 nitrogen and oxygen atoms in total. The van der Waals surface area contributed by atoms with Crippen molar-refractivity contribution in [3.05, 3.63) is 34.9 Å². The summed E-state index contributed by atoms with van der Waals surface area (Å²) in [5, 5.41) is 15.3. The number of nitrogens with one attached hydrogen (secondary N) is 2. The average Bonchev–Trinajstić information content (AvgIpc) is 3.12. The summed E-state index contributed by atoms with van der Waals surface area (Å²) in [5.41, 5.74) is 4.11. The maximum atomic E-state index is 12.3. The third-order valence-corrected chi connectivity index (χ3v) is 6.52. The smallest absolute Gasteiger partial charge is 0.230 e. The van der Waals surface area contributed by atoms with E-state index in [-0.39, 0.29) is 11.9 Å². The Bertz CT molecular complexity index is 747. The fraction of sp³-hybridized carbons (Fsp3) is 0.526. The third kappa shape index (κ3) is 5.20. The Morgan fingerprint density at radius 3 is 2.88 bits per heavy atom. The van der Waals surface area contributed by atoms with Crippen molar-refractivity contribution in [3.63, 3.8) is 0 Å². The number of carbonyl (C=O) groups is 1. The lowest BCUT2D eigenvalue weighted by Crippen LogP contribution is -2.28. The Morgan fingerprint density at radius 1 is 1.27 bits per heavy atom. The summed E-state index contributed by atoms with van der Waals surface area (Å²) in [6.45, 7) is 5.04. The maximum absolute atomic E-state index is 12.3. The van der Waals surface area contributed by atoms with Gasteiger partial charge in [-0.15, -0.1) is 10.2 Å². The molecule has 0 aliphatic heterocycles. The van der Waals surface area contributed by atoms with E-state index in [1.54, 1.807) is 0 Å². The van der Waals surface area contributed by atoms with Crippen LogP contribution in [0.25, 0.3) is 0 Å². The van der Waals surface area contributed by atoms with Crippen LogP contribution in [0.2, 0.25) is 0 Å². The molecule has 1 aliphatic carbocycles. The van der Waals surface area contributed by atoms with Gasteiger partial charge >= 0.3 is 0 Å². The number of anilines is 1. The van der Waals surface area contributed by atoms with Gasteiger partial charge in [0.1, 0.15) is 0 Å². The number of aryl methyl sites for hydroxylation is 2. The molecule has 0 fully saturated rings. The number of thioether (sulfide) groups is 1. The number of benzene rings is 1. The fourth-order valence-corrected chi connectivity index (χ4v) is 4.68. The van der Waals surface area contributed by atoms with E-state index in [1.165, 1.54) is 59.1 Å². The topological polar surface area (TPSA) is 66.9 Å². The summed E-state index contributed by atoms with van der Waals surface area (Å²) < 4.78 is 0.820. The van der Waals surface area contributed by atoms with Crippen LogP contribution in [0.1, 0.15) is 55.8 Å². The van der Waals surface area contributed by atoms with Crippen LogP contribution in [-0.4, -0.2) is 28.4 Å². The highest BCUT2D eigenvalue weighted by molar-refractivity contribution is 8.01. The summed E-state index contributed by atoms with van der Waals surface area (Å²) in [5.74, 6) is 0.385. The van der Waals surface area contributed by atoms with E-state index in [2.05, 4.69) is 46.0 Å². The first kappa shape index (κ1) is 19.2. The van der Waals surface area contributed by atoms with Gasteiger partial charge in [0.15, 0.2) is 4.34 Å². The van der Waals surface area contributed by atoms with Crippen LogP contribution in [0.15, 0.2) is 22.5 Å². The number of hydrogen-bond acceptors (Lipinski definition) is 6. The van der Waals surface area contributed by atoms with Crippen molar-refractivity contribution in [2.24, 2.45) is 0 Å². The molecular weight excluding hydrogens is 364 g/mol. The Kier molecular flexibility index (Phi) is 6.91. The van der Waals surface area contributed by atoms with Gasteiger partial charge in [-0.25, -0.2) is 0 Å². The number of hydrogen-bond donors (Lipinski definition) is 2. The zero-order valence-corrected chi connectivity index (χ0v) is 17.0. The van der Waals surface area contributed by atoms with Crippen LogP contribution in [-0.2, 0) is 17.6 Å². The molecule has 1 aromatic carbocycles. The Morgan fingerprint density at radius 2 is 2.08 bits per heavy atom. The summed E-state index contributed by atoms with van der Waals surface area (Å²) in [7, 11) is 0. The normalized spacial score (nSPS) is 14.5. The van der Waals surface area contributed by atoms with Gasteiger partial charge in [0, 0.05) is 6.54 Å². The summed E-state index contributed by atoms with van der Waals surface area (Å²) in [6.07, 6.45) is 5.95. The van der Waals surface area contributed by atoms with Crippen LogP contribution in [0.4, 0.5) is 5.13 Å². The Hall–Kier alpha value is -1.60. The molecule has 1 amide bonds. The second kappa shape index (κ2) is 9.37. The highest BCUT2D eigenvalue weighted by Gasteiger charge is 2.15. The molecule has 0 saturated carbocycles. The molecule has 1 unspecified atom stereocenters. The molecule has 1 atom stereocenters. The van der Waals surface area contributed by atoms with Gasteiger partial charge in [-0.2, -0.15) is 0 Å². The molecule has 1 aromatic heterocycles. The Labute approximate surface area is 163 Å². The number of carbonyl (C=O) groups excluding carboxylic acids is 1. The van der Waals surface area contributed by atoms with Crippen molar-refractivity contribution in [1.29, 1.82) is 0 Å². The molecule has 7 heteroatoms. The van der Waals surface area contributed by atoms with Gasteiger partial charge in [0.2, 0.25) is 11.0 Å². The van der Waals surface area contributed by atoms with Crippen molar-refractivity contribution in [1.82, 2.24) is 15.5 Å². The predicted molar refractivity (Wildman–Crippen MR) is 109 cm³/mol. The highest BCUT2D eigenvalue weighted by Crippen LogP contribution is 2.26. The number of fused-ring (bicyclic) bond motifs is 1. The summed E-state index contributed by atoms with van der Waals surface area (Å²) in [6, 6.07) is 6.67. The zero-order chi connectivity index (χ0) is 18.4. The summed E-state index contributed by atoms with van der Waals surface area (Å²) >= 11 is 2.93. The minimum absolute atomic E-state index is 0.0199. The lowest BCUT2D eigenvalue weighted by atomic mass is 9.89. The molecule has 1 heterocycles. The van der Waals surface area contributed by atoms with Crippen LogP contribution in [0, 0.1) is 0 Å². The van der Waals surface area contributed by atoms with Crippen LogP contribution < -0.4 is 10.6 Å². The second-order valence-electron chi connectivity index (χ2n) is 6.61. The largest absolute Gasteiger partial charge is 0.360 e. The minimum atomic E-state index is 0.0199. The van der Waals surface area contributed by atoms with E-state index in [0.29, 0.717) is 5.75 Å². The number of amides is 1. The molecule has 0 spiro atoms. The predicted octanol–water partition coefficient (Wildman–Crippen LogP) is 4.21. The lowest BCUT2D eigenvalue weighted by molar-refractivity contribution is -0.119. The molecule has 0 saturated heterocycles. The molecule has 2 aromatic rings. The maximum Gasteiger partial charge on any atom is 0.230 e. The first-order valence-corrected chi connectivity index (χ1v) is 11.1.